The molecule has 4 amide bonds. The Labute approximate surface area is 159 Å². The largest absolute Gasteiger partial charge is 0.440 e. The summed E-state index contributed by atoms with van der Waals surface area (Å²) in [5.41, 5.74) is -4.40. The van der Waals surface area contributed by atoms with Gasteiger partial charge >= 0.3 is 12.2 Å². The van der Waals surface area contributed by atoms with Crippen molar-refractivity contribution in [1.29, 1.82) is 0 Å². The molecule has 0 radical (unpaired) electrons. The molecule has 1 fully saturated rings. The SMILES string of the molecule is O=C(N[C@@]1(C(F)(F)F)NC(=O)N(c2ccc(F)c(Cl)c2)C1=O)c1cccnc1. The summed E-state index contributed by atoms with van der Waals surface area (Å²) < 4.78 is 54.6. The lowest BCUT2D eigenvalue weighted by Crippen LogP contribution is -2.69. The van der Waals surface area contributed by atoms with E-state index in [4.69, 9.17) is 11.6 Å². The Bertz CT molecular complexity index is 970. The van der Waals surface area contributed by atoms with Crippen LogP contribution in [-0.4, -0.2) is 34.7 Å². The Morgan fingerprint density at radius 2 is 1.96 bits per heavy atom. The third-order valence-corrected chi connectivity index (χ3v) is 4.12. The standard InChI is InChI=1S/C16H9ClF4N4O3/c17-10-6-9(3-4-11(10)18)25-13(27)15(16(19,20)21,24-14(25)28)23-12(26)8-2-1-5-22-7-8/h1-7H,(H,23,26)(H,24,28)/t15-/m1/s1. The number of hydrogen-bond donors (Lipinski definition) is 2. The highest BCUT2D eigenvalue weighted by molar-refractivity contribution is 6.31. The molecule has 1 aliphatic rings. The van der Waals surface area contributed by atoms with Crippen LogP contribution in [0.5, 0.6) is 0 Å². The summed E-state index contributed by atoms with van der Waals surface area (Å²) in [7, 11) is 0. The van der Waals surface area contributed by atoms with Crippen LogP contribution in [0.25, 0.3) is 0 Å². The van der Waals surface area contributed by atoms with E-state index in [9.17, 15) is 31.9 Å². The predicted octanol–water partition coefficient (Wildman–Crippen LogP) is 2.62. The van der Waals surface area contributed by atoms with Crippen molar-refractivity contribution in [2.24, 2.45) is 0 Å². The fourth-order valence-corrected chi connectivity index (χ4v) is 2.65. The van der Waals surface area contributed by atoms with Crippen LogP contribution in [0.3, 0.4) is 0 Å². The van der Waals surface area contributed by atoms with Gasteiger partial charge in [-0.1, -0.05) is 11.6 Å². The van der Waals surface area contributed by atoms with Crippen LogP contribution in [0, 0.1) is 5.82 Å². The number of imide groups is 1. The highest BCUT2D eigenvalue weighted by Gasteiger charge is 2.69. The van der Waals surface area contributed by atoms with Gasteiger partial charge in [-0.25, -0.2) is 14.1 Å². The number of nitrogens with one attached hydrogen (secondary N) is 2. The van der Waals surface area contributed by atoms with E-state index < -0.39 is 46.2 Å². The maximum Gasteiger partial charge on any atom is 0.440 e. The third-order valence-electron chi connectivity index (χ3n) is 3.83. The zero-order valence-corrected chi connectivity index (χ0v) is 14.3. The van der Waals surface area contributed by atoms with Gasteiger partial charge in [0, 0.05) is 12.4 Å². The van der Waals surface area contributed by atoms with Crippen LogP contribution in [-0.2, 0) is 4.79 Å². The van der Waals surface area contributed by atoms with Gasteiger partial charge in [0.05, 0.1) is 16.3 Å². The number of urea groups is 1. The Kier molecular flexibility index (Phi) is 4.71. The number of nitrogens with zero attached hydrogens (tertiary/aromatic N) is 2. The Morgan fingerprint density at radius 1 is 1.25 bits per heavy atom. The highest BCUT2D eigenvalue weighted by Crippen LogP contribution is 2.36. The van der Waals surface area contributed by atoms with Gasteiger partial charge in [-0.05, 0) is 30.3 Å². The second-order valence-electron chi connectivity index (χ2n) is 5.61. The molecule has 1 saturated heterocycles. The minimum Gasteiger partial charge on any atom is -0.314 e. The van der Waals surface area contributed by atoms with E-state index in [1.165, 1.54) is 29.0 Å². The molecule has 12 heteroatoms. The fourth-order valence-electron chi connectivity index (χ4n) is 2.48. The highest BCUT2D eigenvalue weighted by atomic mass is 35.5. The molecule has 0 saturated carbocycles. The lowest BCUT2D eigenvalue weighted by atomic mass is 10.1. The minimum absolute atomic E-state index is 0.113. The number of halogens is 5. The van der Waals surface area contributed by atoms with Crippen LogP contribution in [0.1, 0.15) is 10.4 Å². The van der Waals surface area contributed by atoms with E-state index >= 15 is 0 Å². The maximum absolute atomic E-state index is 13.8. The lowest BCUT2D eigenvalue weighted by molar-refractivity contribution is -0.197. The molecular weight excluding hydrogens is 408 g/mol. The molecule has 3 rings (SSSR count). The van der Waals surface area contributed by atoms with Crippen LogP contribution in [0.4, 0.5) is 28.0 Å². The minimum atomic E-state index is -5.39. The van der Waals surface area contributed by atoms with E-state index in [1.54, 1.807) is 0 Å². The molecule has 1 aliphatic heterocycles. The molecule has 0 aliphatic carbocycles. The zero-order valence-electron chi connectivity index (χ0n) is 13.6. The first-order chi connectivity index (χ1) is 13.1. The molecule has 1 aromatic carbocycles. The van der Waals surface area contributed by atoms with Gasteiger partial charge in [0.2, 0.25) is 0 Å². The van der Waals surface area contributed by atoms with Crippen molar-refractivity contribution >= 4 is 35.1 Å². The van der Waals surface area contributed by atoms with Gasteiger partial charge in [-0.3, -0.25) is 19.9 Å². The monoisotopic (exact) mass is 416 g/mol. The molecule has 0 bridgehead atoms. The summed E-state index contributed by atoms with van der Waals surface area (Å²) >= 11 is 5.57. The van der Waals surface area contributed by atoms with E-state index in [2.05, 4.69) is 4.98 Å². The smallest absolute Gasteiger partial charge is 0.314 e. The zero-order chi connectivity index (χ0) is 20.7. The van der Waals surface area contributed by atoms with Gasteiger partial charge in [0.25, 0.3) is 17.5 Å². The molecule has 2 aromatic rings. The average Bonchev–Trinajstić information content (AvgIpc) is 2.89. The first kappa shape index (κ1) is 19.5. The average molecular weight is 417 g/mol. The number of hydrogen-bond acceptors (Lipinski definition) is 4. The Balaban J connectivity index is 2.02. The quantitative estimate of drug-likeness (QED) is 0.594. The molecule has 7 nitrogen and oxygen atoms in total. The number of amides is 4. The van der Waals surface area contributed by atoms with Crippen LogP contribution >= 0.6 is 11.6 Å². The van der Waals surface area contributed by atoms with Crippen LogP contribution < -0.4 is 15.5 Å². The normalized spacial score (nSPS) is 19.5. The summed E-state index contributed by atoms with van der Waals surface area (Å²) in [5, 5.41) is 2.47. The third kappa shape index (κ3) is 3.13. The first-order valence-corrected chi connectivity index (χ1v) is 7.85. The summed E-state index contributed by atoms with van der Waals surface area (Å²) in [4.78, 5) is 40.7. The number of anilines is 1. The molecule has 146 valence electrons. The summed E-state index contributed by atoms with van der Waals surface area (Å²) in [6.07, 6.45) is -3.12. The van der Waals surface area contributed by atoms with Gasteiger partial charge in [0.1, 0.15) is 5.82 Å². The Hall–Kier alpha value is -3.21. The summed E-state index contributed by atoms with van der Waals surface area (Å²) in [5.74, 6) is -4.02. The fraction of sp³-hybridized carbons (Fsp3) is 0.125. The summed E-state index contributed by atoms with van der Waals surface area (Å²) in [6.45, 7) is 0. The number of carbonyl (C=O) groups is 3. The molecule has 1 aromatic heterocycles. The van der Waals surface area contributed by atoms with Crippen molar-refractivity contribution in [2.45, 2.75) is 11.8 Å². The predicted molar refractivity (Wildman–Crippen MR) is 87.9 cm³/mol. The molecule has 0 unspecified atom stereocenters. The molecule has 0 spiro atoms. The van der Waals surface area contributed by atoms with E-state index in [-0.39, 0.29) is 10.5 Å². The second-order valence-corrected chi connectivity index (χ2v) is 6.02. The van der Waals surface area contributed by atoms with Crippen LogP contribution in [0.15, 0.2) is 42.7 Å². The van der Waals surface area contributed by atoms with Crippen LogP contribution in [0.2, 0.25) is 5.02 Å². The second kappa shape index (κ2) is 6.75. The van der Waals surface area contributed by atoms with Gasteiger partial charge < -0.3 is 5.32 Å². The van der Waals surface area contributed by atoms with Gasteiger partial charge in [0.15, 0.2) is 0 Å². The summed E-state index contributed by atoms with van der Waals surface area (Å²) in [6, 6.07) is 3.48. The van der Waals surface area contributed by atoms with Crippen molar-refractivity contribution < 1.29 is 31.9 Å². The number of carbonyl (C=O) groups excluding carboxylic acids is 3. The van der Waals surface area contributed by atoms with Crippen molar-refractivity contribution in [3.63, 3.8) is 0 Å². The molecule has 2 heterocycles. The number of rotatable bonds is 3. The maximum atomic E-state index is 13.8. The van der Waals surface area contributed by atoms with Crippen molar-refractivity contribution in [1.82, 2.24) is 15.6 Å². The molecular formula is C16H9ClF4N4O3. The van der Waals surface area contributed by atoms with Gasteiger partial charge in [-0.2, -0.15) is 13.2 Å². The van der Waals surface area contributed by atoms with Crippen molar-refractivity contribution in [2.75, 3.05) is 4.90 Å². The van der Waals surface area contributed by atoms with Crippen molar-refractivity contribution in [3.8, 4) is 0 Å². The van der Waals surface area contributed by atoms with Crippen molar-refractivity contribution in [3.05, 3.63) is 59.1 Å². The molecule has 1 atom stereocenters. The number of pyridine rings is 1. The molecule has 28 heavy (non-hydrogen) atoms. The lowest BCUT2D eigenvalue weighted by Gasteiger charge is -2.29. The Morgan fingerprint density at radius 3 is 2.54 bits per heavy atom. The molecule has 2 N–H and O–H groups in total. The first-order valence-electron chi connectivity index (χ1n) is 7.48. The topological polar surface area (TPSA) is 91.4 Å². The number of alkyl halides is 3. The van der Waals surface area contributed by atoms with Gasteiger partial charge in [-0.15, -0.1) is 0 Å². The van der Waals surface area contributed by atoms with E-state index in [0.717, 1.165) is 24.4 Å². The van der Waals surface area contributed by atoms with E-state index in [0.29, 0.717) is 0 Å². The number of benzene rings is 1. The number of aromatic nitrogens is 1. The van der Waals surface area contributed by atoms with E-state index in [1.807, 2.05) is 0 Å².